The highest BCUT2D eigenvalue weighted by Crippen LogP contribution is 2.19. The van der Waals surface area contributed by atoms with Crippen LogP contribution in [-0.2, 0) is 7.05 Å². The van der Waals surface area contributed by atoms with E-state index in [0.717, 1.165) is 21.8 Å². The molecule has 0 spiro atoms. The van der Waals surface area contributed by atoms with E-state index < -0.39 is 0 Å². The lowest BCUT2D eigenvalue weighted by molar-refractivity contribution is 0.574. The van der Waals surface area contributed by atoms with E-state index in [0.29, 0.717) is 11.6 Å². The van der Waals surface area contributed by atoms with Gasteiger partial charge in [-0.3, -0.25) is 4.99 Å². The molecule has 0 radical (unpaired) electrons. The normalized spacial score (nSPS) is 13.1. The summed E-state index contributed by atoms with van der Waals surface area (Å²) in [5, 5.41) is 14.3. The molecule has 5 heteroatoms. The molecule has 0 saturated heterocycles. The third-order valence-electron chi connectivity index (χ3n) is 3.52. The Morgan fingerprint density at radius 3 is 2.68 bits per heavy atom. The molecule has 0 fully saturated rings. The van der Waals surface area contributed by atoms with Crippen molar-refractivity contribution in [2.45, 2.75) is 45.6 Å². The minimum absolute atomic E-state index is 0.326. The molecule has 0 aliphatic carbocycles. The van der Waals surface area contributed by atoms with E-state index in [1.807, 2.05) is 36.0 Å². The van der Waals surface area contributed by atoms with Crippen LogP contribution in [0.2, 0.25) is 0 Å². The van der Waals surface area contributed by atoms with Gasteiger partial charge >= 0.3 is 0 Å². The van der Waals surface area contributed by atoms with E-state index in [9.17, 15) is 0 Å². The number of nitrogens with zero attached hydrogens (tertiary/aromatic N) is 4. The van der Waals surface area contributed by atoms with Crippen molar-refractivity contribution in [1.82, 2.24) is 9.78 Å². The first-order valence-corrected chi connectivity index (χ1v) is 8.54. The van der Waals surface area contributed by atoms with Crippen LogP contribution in [0.15, 0.2) is 29.3 Å². The second-order valence-electron chi connectivity index (χ2n) is 5.48. The average Bonchev–Trinajstić information content (AvgIpc) is 2.88. The van der Waals surface area contributed by atoms with Gasteiger partial charge < -0.3 is 0 Å². The molecule has 1 atom stereocenters. The fourth-order valence-electron chi connectivity index (χ4n) is 2.21. The lowest BCUT2D eigenvalue weighted by atomic mass is 10.1. The van der Waals surface area contributed by atoms with Crippen molar-refractivity contribution < 1.29 is 0 Å². The van der Waals surface area contributed by atoms with Crippen LogP contribution in [0.3, 0.4) is 0 Å². The Labute approximate surface area is 135 Å². The molecule has 116 valence electrons. The highest BCUT2D eigenvalue weighted by atomic mass is 32.1. The Kier molecular flexibility index (Phi) is 5.91. The van der Waals surface area contributed by atoms with E-state index in [1.54, 1.807) is 11.3 Å². The fourth-order valence-corrected chi connectivity index (χ4v) is 3.20. The van der Waals surface area contributed by atoms with Crippen molar-refractivity contribution in [3.8, 4) is 16.6 Å². The number of aromatic nitrogens is 2. The van der Waals surface area contributed by atoms with Crippen molar-refractivity contribution >= 4 is 11.3 Å². The van der Waals surface area contributed by atoms with E-state index >= 15 is 0 Å². The summed E-state index contributed by atoms with van der Waals surface area (Å²) in [6.45, 7) is 4.38. The molecule has 0 saturated carbocycles. The topological polar surface area (TPSA) is 54.0 Å². The first-order chi connectivity index (χ1) is 10.6. The molecule has 1 aromatic heterocycles. The van der Waals surface area contributed by atoms with Gasteiger partial charge in [0.25, 0.3) is 0 Å². The second-order valence-corrected chi connectivity index (χ2v) is 6.43. The molecule has 0 aliphatic heterocycles. The highest BCUT2D eigenvalue weighted by molar-refractivity contribution is 7.12. The molecule has 0 aliphatic rings. The van der Waals surface area contributed by atoms with Crippen LogP contribution in [0.1, 0.15) is 45.1 Å². The van der Waals surface area contributed by atoms with Gasteiger partial charge in [0.1, 0.15) is 5.01 Å². The van der Waals surface area contributed by atoms with E-state index in [4.69, 9.17) is 10.3 Å². The number of hydrogen-bond acceptors (Lipinski definition) is 4. The van der Waals surface area contributed by atoms with Gasteiger partial charge in [0.2, 0.25) is 4.80 Å². The minimum atomic E-state index is 0.326. The largest absolute Gasteiger partial charge is 0.255 e. The van der Waals surface area contributed by atoms with Crippen LogP contribution in [0.5, 0.6) is 0 Å². The number of nitriles is 1. The molecule has 22 heavy (non-hydrogen) atoms. The highest BCUT2D eigenvalue weighted by Gasteiger charge is 2.06. The average molecular weight is 314 g/mol. The quantitative estimate of drug-likeness (QED) is 0.760. The summed E-state index contributed by atoms with van der Waals surface area (Å²) >= 11 is 1.60. The molecule has 1 unspecified atom stereocenters. The first-order valence-electron chi connectivity index (χ1n) is 7.72. The standard InChI is InChI=1S/C17H22N4S/c1-4-5-6-7-13(2)19-17-21(3)20-16(22-17)15-10-8-14(12-18)9-11-15/h8-11,13H,4-7H2,1-3H3. The molecule has 0 amide bonds. The van der Waals surface area contributed by atoms with Crippen molar-refractivity contribution in [1.29, 1.82) is 5.26 Å². The summed E-state index contributed by atoms with van der Waals surface area (Å²) in [4.78, 5) is 5.72. The van der Waals surface area contributed by atoms with Crippen LogP contribution in [0, 0.1) is 11.3 Å². The van der Waals surface area contributed by atoms with E-state index in [2.05, 4.69) is 25.0 Å². The monoisotopic (exact) mass is 314 g/mol. The maximum atomic E-state index is 8.85. The maximum absolute atomic E-state index is 8.85. The summed E-state index contributed by atoms with van der Waals surface area (Å²) in [5.74, 6) is 0. The molecule has 2 rings (SSSR count). The third-order valence-corrected chi connectivity index (χ3v) is 4.59. The van der Waals surface area contributed by atoms with Gasteiger partial charge in [0.05, 0.1) is 17.7 Å². The number of rotatable bonds is 6. The molecule has 2 aromatic rings. The number of unbranched alkanes of at least 4 members (excludes halogenated alkanes) is 2. The smallest absolute Gasteiger partial charge is 0.203 e. The molecule has 1 aromatic carbocycles. The van der Waals surface area contributed by atoms with Crippen LogP contribution < -0.4 is 4.80 Å². The molecular weight excluding hydrogens is 292 g/mol. The predicted molar refractivity (Wildman–Crippen MR) is 90.4 cm³/mol. The minimum Gasteiger partial charge on any atom is -0.255 e. The van der Waals surface area contributed by atoms with Crippen LogP contribution in [0.4, 0.5) is 0 Å². The molecule has 1 heterocycles. The molecule has 4 nitrogen and oxygen atoms in total. The van der Waals surface area contributed by atoms with Crippen molar-refractivity contribution in [3.05, 3.63) is 34.6 Å². The lowest BCUT2D eigenvalue weighted by Crippen LogP contribution is -2.15. The summed E-state index contributed by atoms with van der Waals surface area (Å²) in [5.41, 5.74) is 1.69. The van der Waals surface area contributed by atoms with Crippen LogP contribution >= 0.6 is 11.3 Å². The van der Waals surface area contributed by atoms with E-state index in [1.165, 1.54) is 19.3 Å². The Morgan fingerprint density at radius 1 is 1.32 bits per heavy atom. The molecule has 0 N–H and O–H groups in total. The summed E-state index contributed by atoms with van der Waals surface area (Å²) < 4.78 is 1.84. The van der Waals surface area contributed by atoms with Crippen molar-refractivity contribution in [3.63, 3.8) is 0 Å². The summed E-state index contributed by atoms with van der Waals surface area (Å²) in [6.07, 6.45) is 4.86. The number of benzene rings is 1. The zero-order chi connectivity index (χ0) is 15.9. The number of hydrogen-bond donors (Lipinski definition) is 0. The molecule has 0 bridgehead atoms. The van der Waals surface area contributed by atoms with Crippen LogP contribution in [-0.4, -0.2) is 15.8 Å². The Bertz CT molecular complexity index is 703. The van der Waals surface area contributed by atoms with E-state index in [-0.39, 0.29) is 0 Å². The maximum Gasteiger partial charge on any atom is 0.203 e. The zero-order valence-electron chi connectivity index (χ0n) is 13.4. The Morgan fingerprint density at radius 2 is 2.05 bits per heavy atom. The summed E-state index contributed by atoms with van der Waals surface area (Å²) in [7, 11) is 1.93. The van der Waals surface area contributed by atoms with Gasteiger partial charge in [0, 0.05) is 12.6 Å². The summed E-state index contributed by atoms with van der Waals surface area (Å²) in [6, 6.07) is 9.97. The van der Waals surface area contributed by atoms with Gasteiger partial charge in [-0.15, -0.1) is 0 Å². The van der Waals surface area contributed by atoms with Gasteiger partial charge in [-0.1, -0.05) is 49.7 Å². The first kappa shape index (κ1) is 16.4. The van der Waals surface area contributed by atoms with Gasteiger partial charge in [-0.05, 0) is 25.5 Å². The molecular formula is C17H22N4S. The van der Waals surface area contributed by atoms with Crippen molar-refractivity contribution in [2.75, 3.05) is 0 Å². The van der Waals surface area contributed by atoms with Crippen molar-refractivity contribution in [2.24, 2.45) is 12.0 Å². The van der Waals surface area contributed by atoms with Crippen LogP contribution in [0.25, 0.3) is 10.6 Å². The predicted octanol–water partition coefficient (Wildman–Crippen LogP) is 3.89. The fraction of sp³-hybridized carbons (Fsp3) is 0.471. The lowest BCUT2D eigenvalue weighted by Gasteiger charge is -2.03. The SMILES string of the molecule is CCCCCC(C)N=c1sc(-c2ccc(C#N)cc2)nn1C. The Balaban J connectivity index is 2.18. The number of aryl methyl sites for hydroxylation is 1. The third kappa shape index (κ3) is 4.28. The van der Waals surface area contributed by atoms with Gasteiger partial charge in [0.15, 0.2) is 0 Å². The van der Waals surface area contributed by atoms with Gasteiger partial charge in [-0.2, -0.15) is 10.4 Å². The Hall–Kier alpha value is -1.93. The zero-order valence-corrected chi connectivity index (χ0v) is 14.2. The second kappa shape index (κ2) is 7.90. The van der Waals surface area contributed by atoms with Gasteiger partial charge in [-0.25, -0.2) is 4.68 Å².